The van der Waals surface area contributed by atoms with Gasteiger partial charge in [0.1, 0.15) is 0 Å². The third-order valence-electron chi connectivity index (χ3n) is 3.31. The zero-order valence-electron chi connectivity index (χ0n) is 12.2. The third-order valence-corrected chi connectivity index (χ3v) is 3.55. The van der Waals surface area contributed by atoms with E-state index in [0.717, 1.165) is 11.6 Å². The lowest BCUT2D eigenvalue weighted by Gasteiger charge is -2.21. The van der Waals surface area contributed by atoms with Crippen molar-refractivity contribution >= 4 is 17.3 Å². The van der Waals surface area contributed by atoms with E-state index in [0.29, 0.717) is 0 Å². The van der Waals surface area contributed by atoms with Crippen molar-refractivity contribution < 1.29 is 0 Å². The fourth-order valence-corrected chi connectivity index (χ4v) is 2.50. The van der Waals surface area contributed by atoms with Gasteiger partial charge in [-0.1, -0.05) is 42.8 Å². The van der Waals surface area contributed by atoms with Gasteiger partial charge in [-0.25, -0.2) is 0 Å². The van der Waals surface area contributed by atoms with Crippen LogP contribution in [0.4, 0.5) is 5.69 Å². The first-order valence-corrected chi connectivity index (χ1v) is 7.25. The van der Waals surface area contributed by atoms with Crippen LogP contribution in [0.1, 0.15) is 24.1 Å². The molecule has 0 aliphatic carbocycles. The highest BCUT2D eigenvalue weighted by molar-refractivity contribution is 6.30. The fourth-order valence-electron chi connectivity index (χ4n) is 2.30. The molecule has 0 heterocycles. The van der Waals surface area contributed by atoms with Crippen molar-refractivity contribution in [3.63, 3.8) is 0 Å². The molecule has 0 amide bonds. The first-order chi connectivity index (χ1) is 9.61. The van der Waals surface area contributed by atoms with E-state index in [1.807, 2.05) is 18.2 Å². The highest BCUT2D eigenvalue weighted by atomic mass is 35.5. The van der Waals surface area contributed by atoms with Gasteiger partial charge in [-0.05, 0) is 41.9 Å². The number of hydrogen-bond acceptors (Lipinski definition) is 2. The van der Waals surface area contributed by atoms with Crippen molar-refractivity contribution in [2.45, 2.75) is 13.0 Å². The number of benzene rings is 2. The summed E-state index contributed by atoms with van der Waals surface area (Å²) >= 11 is 6.12. The minimum Gasteiger partial charge on any atom is -0.378 e. The molecular weight excluding hydrogens is 268 g/mol. The van der Waals surface area contributed by atoms with Crippen LogP contribution in [0.5, 0.6) is 0 Å². The number of hydrogen-bond donors (Lipinski definition) is 1. The highest BCUT2D eigenvalue weighted by Crippen LogP contribution is 2.26. The molecule has 0 radical (unpaired) electrons. The van der Waals surface area contributed by atoms with Crippen LogP contribution in [-0.2, 0) is 0 Å². The molecule has 1 N–H and O–H groups in total. The lowest BCUT2D eigenvalue weighted by atomic mass is 9.98. The maximum absolute atomic E-state index is 6.12. The van der Waals surface area contributed by atoms with Crippen LogP contribution in [0.3, 0.4) is 0 Å². The third kappa shape index (κ3) is 3.53. The minimum atomic E-state index is 0.165. The summed E-state index contributed by atoms with van der Waals surface area (Å²) in [7, 11) is 4.11. The van der Waals surface area contributed by atoms with Crippen molar-refractivity contribution in [3.05, 3.63) is 64.7 Å². The summed E-state index contributed by atoms with van der Waals surface area (Å²) in [5.41, 5.74) is 3.64. The Bertz CT molecular complexity index is 566. The maximum Gasteiger partial charge on any atom is 0.0577 e. The standard InChI is InChI=1S/C17H21ClN2/c1-4-19-17(13-7-5-9-15(18)11-13)14-8-6-10-16(12-14)20(2)3/h5-12,17,19H,4H2,1-3H3. The lowest BCUT2D eigenvalue weighted by Crippen LogP contribution is -2.22. The molecule has 2 aromatic carbocycles. The van der Waals surface area contributed by atoms with E-state index in [-0.39, 0.29) is 6.04 Å². The normalized spacial score (nSPS) is 12.2. The molecule has 0 saturated heterocycles. The average Bonchev–Trinajstić information content (AvgIpc) is 2.45. The van der Waals surface area contributed by atoms with Gasteiger partial charge in [0.15, 0.2) is 0 Å². The highest BCUT2D eigenvalue weighted by Gasteiger charge is 2.13. The van der Waals surface area contributed by atoms with Crippen LogP contribution in [0.25, 0.3) is 0 Å². The molecule has 1 unspecified atom stereocenters. The van der Waals surface area contributed by atoms with E-state index in [1.165, 1.54) is 16.8 Å². The molecule has 0 aromatic heterocycles. The molecular formula is C17H21ClN2. The van der Waals surface area contributed by atoms with E-state index in [9.17, 15) is 0 Å². The van der Waals surface area contributed by atoms with Gasteiger partial charge in [-0.15, -0.1) is 0 Å². The van der Waals surface area contributed by atoms with Gasteiger partial charge in [0.05, 0.1) is 6.04 Å². The van der Waals surface area contributed by atoms with Crippen LogP contribution < -0.4 is 10.2 Å². The summed E-state index contributed by atoms with van der Waals surface area (Å²) in [4.78, 5) is 2.12. The second kappa shape index (κ2) is 6.78. The number of anilines is 1. The van der Waals surface area contributed by atoms with E-state index >= 15 is 0 Å². The molecule has 0 spiro atoms. The van der Waals surface area contributed by atoms with Crippen LogP contribution in [0.2, 0.25) is 5.02 Å². The quantitative estimate of drug-likeness (QED) is 0.891. The monoisotopic (exact) mass is 288 g/mol. The second-order valence-corrected chi connectivity index (χ2v) is 5.47. The molecule has 1 atom stereocenters. The first kappa shape index (κ1) is 14.9. The van der Waals surface area contributed by atoms with Crippen molar-refractivity contribution in [2.24, 2.45) is 0 Å². The van der Waals surface area contributed by atoms with Gasteiger partial charge in [-0.2, -0.15) is 0 Å². The Hall–Kier alpha value is -1.51. The van der Waals surface area contributed by atoms with E-state index < -0.39 is 0 Å². The zero-order chi connectivity index (χ0) is 14.5. The van der Waals surface area contributed by atoms with Gasteiger partial charge in [0, 0.05) is 24.8 Å². The molecule has 2 rings (SSSR count). The van der Waals surface area contributed by atoms with Crippen molar-refractivity contribution in [1.82, 2.24) is 5.32 Å². The molecule has 20 heavy (non-hydrogen) atoms. The van der Waals surface area contributed by atoms with Gasteiger partial charge in [0.2, 0.25) is 0 Å². The molecule has 0 aliphatic heterocycles. The molecule has 0 fully saturated rings. The Morgan fingerprint density at radius 2 is 1.70 bits per heavy atom. The van der Waals surface area contributed by atoms with E-state index in [4.69, 9.17) is 11.6 Å². The zero-order valence-corrected chi connectivity index (χ0v) is 13.0. The number of nitrogens with zero attached hydrogens (tertiary/aromatic N) is 1. The Balaban J connectivity index is 2.40. The van der Waals surface area contributed by atoms with Crippen molar-refractivity contribution in [1.29, 1.82) is 0 Å². The molecule has 3 heteroatoms. The van der Waals surface area contributed by atoms with Crippen LogP contribution in [-0.4, -0.2) is 20.6 Å². The number of nitrogens with one attached hydrogen (secondary N) is 1. The summed E-state index contributed by atoms with van der Waals surface area (Å²) in [6.07, 6.45) is 0. The maximum atomic E-state index is 6.12. The smallest absolute Gasteiger partial charge is 0.0577 e. The molecule has 0 aliphatic rings. The minimum absolute atomic E-state index is 0.165. The summed E-state index contributed by atoms with van der Waals surface area (Å²) < 4.78 is 0. The van der Waals surface area contributed by atoms with Gasteiger partial charge in [0.25, 0.3) is 0 Å². The summed E-state index contributed by atoms with van der Waals surface area (Å²) in [5, 5.41) is 4.30. The van der Waals surface area contributed by atoms with Gasteiger partial charge >= 0.3 is 0 Å². The van der Waals surface area contributed by atoms with Crippen LogP contribution >= 0.6 is 11.6 Å². The van der Waals surface area contributed by atoms with Crippen molar-refractivity contribution in [2.75, 3.05) is 25.5 Å². The first-order valence-electron chi connectivity index (χ1n) is 6.88. The largest absolute Gasteiger partial charge is 0.378 e. The predicted octanol–water partition coefficient (Wildman–Crippen LogP) is 4.10. The van der Waals surface area contributed by atoms with E-state index in [1.54, 1.807) is 0 Å². The molecule has 0 bridgehead atoms. The predicted molar refractivity (Wildman–Crippen MR) is 87.7 cm³/mol. The van der Waals surface area contributed by atoms with Crippen molar-refractivity contribution in [3.8, 4) is 0 Å². The number of rotatable bonds is 5. The second-order valence-electron chi connectivity index (χ2n) is 5.04. The summed E-state index contributed by atoms with van der Waals surface area (Å²) in [6, 6.07) is 16.8. The van der Waals surface area contributed by atoms with Gasteiger partial charge < -0.3 is 10.2 Å². The lowest BCUT2D eigenvalue weighted by molar-refractivity contribution is 0.630. The molecule has 2 nitrogen and oxygen atoms in total. The Morgan fingerprint density at radius 3 is 2.30 bits per heavy atom. The fraction of sp³-hybridized carbons (Fsp3) is 0.294. The molecule has 106 valence electrons. The summed E-state index contributed by atoms with van der Waals surface area (Å²) in [6.45, 7) is 3.02. The Morgan fingerprint density at radius 1 is 1.05 bits per heavy atom. The molecule has 0 saturated carbocycles. The van der Waals surface area contributed by atoms with Crippen LogP contribution in [0, 0.1) is 0 Å². The van der Waals surface area contributed by atoms with E-state index in [2.05, 4.69) is 61.6 Å². The summed E-state index contributed by atoms with van der Waals surface area (Å²) in [5.74, 6) is 0. The molecule has 2 aromatic rings. The van der Waals surface area contributed by atoms with Crippen LogP contribution in [0.15, 0.2) is 48.5 Å². The Kier molecular flexibility index (Phi) is 5.05. The topological polar surface area (TPSA) is 15.3 Å². The number of halogens is 1. The average molecular weight is 289 g/mol. The van der Waals surface area contributed by atoms with Gasteiger partial charge in [-0.3, -0.25) is 0 Å². The SMILES string of the molecule is CCNC(c1cccc(Cl)c1)c1cccc(N(C)C)c1. The Labute approximate surface area is 126 Å².